The van der Waals surface area contributed by atoms with E-state index in [0.717, 1.165) is 40.9 Å². The first kappa shape index (κ1) is 28.3. The van der Waals surface area contributed by atoms with E-state index < -0.39 is 24.6 Å². The van der Waals surface area contributed by atoms with Gasteiger partial charge in [0.25, 0.3) is 5.91 Å². The van der Waals surface area contributed by atoms with Crippen LogP contribution in [0, 0.1) is 5.82 Å². The average Bonchev–Trinajstić information content (AvgIpc) is 3.73. The molecule has 0 saturated heterocycles. The molecule has 5 rings (SSSR count). The fourth-order valence-electron chi connectivity index (χ4n) is 5.38. The molecular formula is C33H33FN2O5. The first-order chi connectivity index (χ1) is 19.8. The maximum atomic E-state index is 14.1. The number of para-hydroxylation sites is 1. The largest absolute Gasteiger partial charge is 0.481 e. The third kappa shape index (κ3) is 6.73. The van der Waals surface area contributed by atoms with Crippen LogP contribution in [0.3, 0.4) is 0 Å². The molecule has 0 spiro atoms. The highest BCUT2D eigenvalue weighted by atomic mass is 19.1. The molecule has 8 heteroatoms. The zero-order valence-electron chi connectivity index (χ0n) is 22.5. The summed E-state index contributed by atoms with van der Waals surface area (Å²) in [5.41, 5.74) is 5.10. The molecule has 1 aliphatic carbocycles. The molecule has 2 unspecified atom stereocenters. The highest BCUT2D eigenvalue weighted by Gasteiger charge is 2.37. The Bertz CT molecular complexity index is 1500. The van der Waals surface area contributed by atoms with E-state index in [9.17, 15) is 24.2 Å². The molecule has 7 nitrogen and oxygen atoms in total. The summed E-state index contributed by atoms with van der Waals surface area (Å²) in [4.78, 5) is 25.1. The number of halogens is 1. The van der Waals surface area contributed by atoms with Crippen molar-refractivity contribution in [2.45, 2.75) is 56.8 Å². The molecule has 1 aromatic heterocycles. The summed E-state index contributed by atoms with van der Waals surface area (Å²) in [6, 6.07) is 25.0. The van der Waals surface area contributed by atoms with Crippen LogP contribution in [-0.2, 0) is 11.3 Å². The number of aromatic nitrogens is 1. The topological polar surface area (TPSA) is 112 Å². The van der Waals surface area contributed by atoms with Crippen molar-refractivity contribution in [2.24, 2.45) is 0 Å². The van der Waals surface area contributed by atoms with Crippen LogP contribution >= 0.6 is 0 Å². The van der Waals surface area contributed by atoms with Crippen molar-refractivity contribution in [3.8, 4) is 22.4 Å². The minimum absolute atomic E-state index is 0.0783. The first-order valence-corrected chi connectivity index (χ1v) is 13.8. The van der Waals surface area contributed by atoms with Gasteiger partial charge in [0.2, 0.25) is 0 Å². The Morgan fingerprint density at radius 1 is 0.878 bits per heavy atom. The molecule has 41 heavy (non-hydrogen) atoms. The summed E-state index contributed by atoms with van der Waals surface area (Å²) >= 11 is 0. The number of carboxylic acids is 1. The Kier molecular flexibility index (Phi) is 8.61. The third-order valence-electron chi connectivity index (χ3n) is 7.35. The van der Waals surface area contributed by atoms with Gasteiger partial charge in [0.1, 0.15) is 5.82 Å². The fraction of sp³-hybridized carbons (Fsp3) is 0.273. The minimum Gasteiger partial charge on any atom is -0.481 e. The Hall–Kier alpha value is -4.27. The number of aliphatic hydroxyl groups excluding tert-OH is 2. The summed E-state index contributed by atoms with van der Waals surface area (Å²) in [6.07, 6.45) is -0.603. The van der Waals surface area contributed by atoms with Crippen LogP contribution in [-0.4, -0.2) is 44.0 Å². The molecule has 1 amide bonds. The molecule has 4 N–H and O–H groups in total. The first-order valence-electron chi connectivity index (χ1n) is 13.8. The van der Waals surface area contributed by atoms with Crippen LogP contribution in [0.4, 0.5) is 10.1 Å². The van der Waals surface area contributed by atoms with Crippen LogP contribution in [0.25, 0.3) is 22.4 Å². The number of nitrogens with zero attached hydrogens (tertiary/aromatic N) is 1. The van der Waals surface area contributed by atoms with Gasteiger partial charge < -0.3 is 25.2 Å². The molecule has 4 aromatic rings. The Balaban J connectivity index is 1.65. The van der Waals surface area contributed by atoms with E-state index in [2.05, 4.69) is 9.88 Å². The lowest BCUT2D eigenvalue weighted by Crippen LogP contribution is -2.22. The zero-order valence-corrected chi connectivity index (χ0v) is 22.5. The van der Waals surface area contributed by atoms with Crippen molar-refractivity contribution in [3.05, 3.63) is 102 Å². The molecule has 1 aliphatic rings. The predicted molar refractivity (Wildman–Crippen MR) is 155 cm³/mol. The van der Waals surface area contributed by atoms with Crippen molar-refractivity contribution >= 4 is 17.6 Å². The highest BCUT2D eigenvalue weighted by Crippen LogP contribution is 2.49. The van der Waals surface area contributed by atoms with Gasteiger partial charge in [-0.1, -0.05) is 48.5 Å². The number of amides is 1. The second-order valence-electron chi connectivity index (χ2n) is 10.5. The Labute approximate surface area is 237 Å². The normalized spacial score (nSPS) is 14.4. The van der Waals surface area contributed by atoms with Crippen molar-refractivity contribution in [1.29, 1.82) is 0 Å². The van der Waals surface area contributed by atoms with Crippen LogP contribution < -0.4 is 5.32 Å². The highest BCUT2D eigenvalue weighted by molar-refractivity contribution is 6.12. The van der Waals surface area contributed by atoms with Gasteiger partial charge in [-0.15, -0.1) is 0 Å². The molecule has 2 atom stereocenters. The number of nitrogens with one attached hydrogen (secondary N) is 1. The van der Waals surface area contributed by atoms with Crippen molar-refractivity contribution in [3.63, 3.8) is 0 Å². The van der Waals surface area contributed by atoms with Gasteiger partial charge in [0.15, 0.2) is 0 Å². The van der Waals surface area contributed by atoms with Crippen LogP contribution in [0.15, 0.2) is 84.9 Å². The summed E-state index contributed by atoms with van der Waals surface area (Å²) in [5.74, 6) is -1.62. The van der Waals surface area contributed by atoms with E-state index in [1.54, 1.807) is 12.1 Å². The summed E-state index contributed by atoms with van der Waals surface area (Å²) in [6.45, 7) is 0.317. The molecule has 212 valence electrons. The van der Waals surface area contributed by atoms with Gasteiger partial charge in [0.05, 0.1) is 29.9 Å². The van der Waals surface area contributed by atoms with Crippen molar-refractivity contribution in [1.82, 2.24) is 4.57 Å². The number of carboxylic acid groups (broad SMARTS) is 1. The van der Waals surface area contributed by atoms with E-state index in [0.29, 0.717) is 17.8 Å². The van der Waals surface area contributed by atoms with Gasteiger partial charge in [-0.2, -0.15) is 0 Å². The van der Waals surface area contributed by atoms with E-state index in [4.69, 9.17) is 5.11 Å². The number of carbonyl (C=O) groups excluding carboxylic acids is 1. The minimum atomic E-state index is -1.17. The number of aliphatic carboxylic acids is 1. The average molecular weight is 557 g/mol. The summed E-state index contributed by atoms with van der Waals surface area (Å²) < 4.78 is 16.1. The van der Waals surface area contributed by atoms with Gasteiger partial charge in [-0.05, 0) is 73.2 Å². The third-order valence-corrected chi connectivity index (χ3v) is 7.35. The molecule has 0 radical (unpaired) electrons. The smallest absolute Gasteiger partial charge is 0.305 e. The van der Waals surface area contributed by atoms with Gasteiger partial charge in [0, 0.05) is 29.4 Å². The van der Waals surface area contributed by atoms with Crippen molar-refractivity contribution in [2.75, 3.05) is 5.32 Å². The number of carbonyl (C=O) groups is 2. The van der Waals surface area contributed by atoms with E-state index in [1.807, 2.05) is 60.7 Å². The lowest BCUT2D eigenvalue weighted by atomic mass is 9.95. The SMILES string of the molecule is O=C(O)CC(O)CC(O)CCn1c(-c2ccc(F)cc2)c(-c2ccccc2)c(C(=O)Nc2ccccc2)c1C1CC1. The molecule has 3 aromatic carbocycles. The maximum Gasteiger partial charge on any atom is 0.305 e. The van der Waals surface area contributed by atoms with Gasteiger partial charge in [-0.25, -0.2) is 4.39 Å². The van der Waals surface area contributed by atoms with Crippen LogP contribution in [0.2, 0.25) is 0 Å². The fourth-order valence-corrected chi connectivity index (χ4v) is 5.38. The van der Waals surface area contributed by atoms with Gasteiger partial charge >= 0.3 is 5.97 Å². The standard InChI is InChI=1S/C33H33FN2O5/c34-24-15-13-23(14-16-24)31-29(21-7-3-1-4-8-21)30(33(41)35-25-9-5-2-6-10-25)32(22-11-12-22)36(31)18-17-26(37)19-27(38)20-28(39)40/h1-10,13-16,22,26-27,37-38H,11-12,17-20H2,(H,35,41)(H,39,40). The number of aliphatic hydroxyl groups is 2. The Morgan fingerprint density at radius 2 is 1.51 bits per heavy atom. The lowest BCUT2D eigenvalue weighted by Gasteiger charge is -2.19. The quantitative estimate of drug-likeness (QED) is 0.169. The second-order valence-corrected chi connectivity index (χ2v) is 10.5. The summed E-state index contributed by atoms with van der Waals surface area (Å²) in [5, 5.41) is 32.8. The second kappa shape index (κ2) is 12.5. The summed E-state index contributed by atoms with van der Waals surface area (Å²) in [7, 11) is 0. The molecule has 1 fully saturated rings. The van der Waals surface area contributed by atoms with Crippen LogP contribution in [0.1, 0.15) is 54.1 Å². The predicted octanol–water partition coefficient (Wildman–Crippen LogP) is 6.07. The molecule has 1 heterocycles. The monoisotopic (exact) mass is 556 g/mol. The number of hydrogen-bond acceptors (Lipinski definition) is 4. The lowest BCUT2D eigenvalue weighted by molar-refractivity contribution is -0.139. The van der Waals surface area contributed by atoms with Crippen molar-refractivity contribution < 1.29 is 29.3 Å². The molecular weight excluding hydrogens is 523 g/mol. The zero-order chi connectivity index (χ0) is 28.9. The number of hydrogen-bond donors (Lipinski definition) is 4. The van der Waals surface area contributed by atoms with Gasteiger partial charge in [-0.3, -0.25) is 9.59 Å². The van der Waals surface area contributed by atoms with E-state index >= 15 is 0 Å². The van der Waals surface area contributed by atoms with E-state index in [-0.39, 0.29) is 30.5 Å². The molecule has 0 aliphatic heterocycles. The Morgan fingerprint density at radius 3 is 2.12 bits per heavy atom. The van der Waals surface area contributed by atoms with E-state index in [1.165, 1.54) is 12.1 Å². The van der Waals surface area contributed by atoms with Crippen LogP contribution in [0.5, 0.6) is 0 Å². The number of benzene rings is 3. The number of anilines is 1. The molecule has 1 saturated carbocycles. The number of rotatable bonds is 12. The maximum absolute atomic E-state index is 14.1. The molecule has 0 bridgehead atoms.